The molecular weight excluding hydrogens is 267 g/mol. The van der Waals surface area contributed by atoms with Gasteiger partial charge in [0.05, 0.1) is 10.5 Å². The van der Waals surface area contributed by atoms with Crippen molar-refractivity contribution < 1.29 is 0 Å². The van der Waals surface area contributed by atoms with Crippen molar-refractivity contribution in [2.45, 2.75) is 0 Å². The average Bonchev–Trinajstić information content (AvgIpc) is 2.38. The highest BCUT2D eigenvalue weighted by molar-refractivity contribution is 6.36. The van der Waals surface area contributed by atoms with E-state index in [4.69, 9.17) is 23.2 Å². The van der Waals surface area contributed by atoms with Crippen LogP contribution < -0.4 is 0 Å². The van der Waals surface area contributed by atoms with Gasteiger partial charge in [0.25, 0.3) is 0 Å². The van der Waals surface area contributed by atoms with Crippen LogP contribution in [-0.4, -0.2) is 9.97 Å². The Balaban J connectivity index is 2.19. The molecule has 1 heterocycles. The number of halogens is 2. The molecule has 1 aromatic heterocycles. The first-order valence-corrected chi connectivity index (χ1v) is 6.17. The Morgan fingerprint density at radius 3 is 2.61 bits per heavy atom. The lowest BCUT2D eigenvalue weighted by molar-refractivity contribution is 1.23. The lowest BCUT2D eigenvalue weighted by Gasteiger charge is -2.04. The summed E-state index contributed by atoms with van der Waals surface area (Å²) >= 11 is 12.0. The van der Waals surface area contributed by atoms with Gasteiger partial charge in [0.1, 0.15) is 0 Å². The van der Waals surface area contributed by atoms with Gasteiger partial charge in [-0.1, -0.05) is 41.4 Å². The molecule has 4 heteroatoms. The molecule has 0 aliphatic rings. The molecule has 0 spiro atoms. The van der Waals surface area contributed by atoms with Crippen LogP contribution in [-0.2, 0) is 0 Å². The highest BCUT2D eigenvalue weighted by atomic mass is 35.5. The zero-order chi connectivity index (χ0) is 12.5. The number of fused-ring (bicyclic) bond motifs is 1. The third-order valence-corrected chi connectivity index (χ3v) is 3.21. The summed E-state index contributed by atoms with van der Waals surface area (Å²) in [5.41, 5.74) is 1.68. The second kappa shape index (κ2) is 4.56. The molecule has 3 rings (SSSR count). The van der Waals surface area contributed by atoms with Gasteiger partial charge >= 0.3 is 0 Å². The van der Waals surface area contributed by atoms with Gasteiger partial charge in [-0.15, -0.1) is 0 Å². The Morgan fingerprint density at radius 2 is 1.78 bits per heavy atom. The Kier molecular flexibility index (Phi) is 2.90. The Labute approximate surface area is 114 Å². The van der Waals surface area contributed by atoms with Crippen molar-refractivity contribution in [2.24, 2.45) is 0 Å². The first-order valence-electron chi connectivity index (χ1n) is 5.41. The first-order chi connectivity index (χ1) is 8.74. The molecule has 0 radical (unpaired) electrons. The van der Waals surface area contributed by atoms with E-state index in [-0.39, 0.29) is 0 Å². The SMILES string of the molecule is Clc1ccc(-c2ncc3ccccc3n2)c(Cl)c1. The summed E-state index contributed by atoms with van der Waals surface area (Å²) in [4.78, 5) is 8.83. The van der Waals surface area contributed by atoms with Gasteiger partial charge in [0.15, 0.2) is 5.82 Å². The van der Waals surface area contributed by atoms with Crippen molar-refractivity contribution in [1.82, 2.24) is 9.97 Å². The van der Waals surface area contributed by atoms with Crippen LogP contribution in [0.25, 0.3) is 22.3 Å². The second-order valence-corrected chi connectivity index (χ2v) is 4.72. The maximum Gasteiger partial charge on any atom is 0.161 e. The molecule has 2 aromatic carbocycles. The fraction of sp³-hybridized carbons (Fsp3) is 0. The Bertz CT molecular complexity index is 726. The molecule has 0 aliphatic heterocycles. The second-order valence-electron chi connectivity index (χ2n) is 3.88. The Hall–Kier alpha value is -1.64. The van der Waals surface area contributed by atoms with Crippen molar-refractivity contribution in [3.8, 4) is 11.4 Å². The molecule has 0 unspecified atom stereocenters. The smallest absolute Gasteiger partial charge is 0.161 e. The van der Waals surface area contributed by atoms with E-state index in [1.54, 1.807) is 18.3 Å². The summed E-state index contributed by atoms with van der Waals surface area (Å²) in [7, 11) is 0. The summed E-state index contributed by atoms with van der Waals surface area (Å²) in [5.74, 6) is 0.607. The predicted octanol–water partition coefficient (Wildman–Crippen LogP) is 4.60. The van der Waals surface area contributed by atoms with Crippen LogP contribution in [0.4, 0.5) is 0 Å². The largest absolute Gasteiger partial charge is 0.236 e. The van der Waals surface area contributed by atoms with Crippen LogP contribution in [0.5, 0.6) is 0 Å². The lowest BCUT2D eigenvalue weighted by Crippen LogP contribution is -1.90. The number of para-hydroxylation sites is 1. The molecule has 2 nitrogen and oxygen atoms in total. The fourth-order valence-corrected chi connectivity index (χ4v) is 2.27. The number of benzene rings is 2. The molecule has 0 aliphatic carbocycles. The van der Waals surface area contributed by atoms with Crippen molar-refractivity contribution in [3.63, 3.8) is 0 Å². The molecule has 0 bridgehead atoms. The van der Waals surface area contributed by atoms with Crippen molar-refractivity contribution in [3.05, 3.63) is 58.7 Å². The van der Waals surface area contributed by atoms with Crippen molar-refractivity contribution in [2.75, 3.05) is 0 Å². The van der Waals surface area contributed by atoms with E-state index in [0.29, 0.717) is 15.9 Å². The van der Waals surface area contributed by atoms with Crippen molar-refractivity contribution in [1.29, 1.82) is 0 Å². The van der Waals surface area contributed by atoms with E-state index in [0.717, 1.165) is 16.5 Å². The van der Waals surface area contributed by atoms with E-state index in [1.807, 2.05) is 30.3 Å². The summed E-state index contributed by atoms with van der Waals surface area (Å²) in [6.45, 7) is 0. The van der Waals surface area contributed by atoms with Gasteiger partial charge in [-0.2, -0.15) is 0 Å². The van der Waals surface area contributed by atoms with Crippen LogP contribution >= 0.6 is 23.2 Å². The molecule has 18 heavy (non-hydrogen) atoms. The van der Waals surface area contributed by atoms with E-state index >= 15 is 0 Å². The summed E-state index contributed by atoms with van der Waals surface area (Å²) in [6, 6.07) is 13.1. The van der Waals surface area contributed by atoms with Gasteiger partial charge in [-0.25, -0.2) is 9.97 Å². The van der Waals surface area contributed by atoms with Crippen LogP contribution in [0.15, 0.2) is 48.7 Å². The fourth-order valence-electron chi connectivity index (χ4n) is 1.77. The van der Waals surface area contributed by atoms with Gasteiger partial charge in [0.2, 0.25) is 0 Å². The number of hydrogen-bond acceptors (Lipinski definition) is 2. The van der Waals surface area contributed by atoms with Gasteiger partial charge in [-0.3, -0.25) is 0 Å². The Morgan fingerprint density at radius 1 is 0.944 bits per heavy atom. The topological polar surface area (TPSA) is 25.8 Å². The molecule has 0 amide bonds. The van der Waals surface area contributed by atoms with Gasteiger partial charge < -0.3 is 0 Å². The number of hydrogen-bond donors (Lipinski definition) is 0. The van der Waals surface area contributed by atoms with E-state index in [9.17, 15) is 0 Å². The third kappa shape index (κ3) is 2.05. The zero-order valence-electron chi connectivity index (χ0n) is 9.27. The molecule has 0 atom stereocenters. The quantitative estimate of drug-likeness (QED) is 0.648. The number of aromatic nitrogens is 2. The standard InChI is InChI=1S/C14H8Cl2N2/c15-10-5-6-11(12(16)7-10)14-17-8-9-3-1-2-4-13(9)18-14/h1-8H. The maximum atomic E-state index is 6.15. The summed E-state index contributed by atoms with van der Waals surface area (Å²) < 4.78 is 0. The summed E-state index contributed by atoms with van der Waals surface area (Å²) in [6.07, 6.45) is 1.79. The van der Waals surface area contributed by atoms with E-state index in [1.165, 1.54) is 0 Å². The van der Waals surface area contributed by atoms with Gasteiger partial charge in [-0.05, 0) is 24.3 Å². The third-order valence-electron chi connectivity index (χ3n) is 2.66. The number of rotatable bonds is 1. The predicted molar refractivity (Wildman–Crippen MR) is 75.0 cm³/mol. The maximum absolute atomic E-state index is 6.15. The summed E-state index contributed by atoms with van der Waals surface area (Å²) in [5, 5.41) is 2.16. The van der Waals surface area contributed by atoms with Gasteiger partial charge in [0, 0.05) is 22.2 Å². The van der Waals surface area contributed by atoms with Crippen molar-refractivity contribution >= 4 is 34.1 Å². The molecule has 0 saturated heterocycles. The lowest BCUT2D eigenvalue weighted by atomic mass is 10.2. The van der Waals surface area contributed by atoms with Crippen LogP contribution in [0.2, 0.25) is 10.0 Å². The first kappa shape index (κ1) is 11.5. The molecule has 0 N–H and O–H groups in total. The van der Waals surface area contributed by atoms with E-state index in [2.05, 4.69) is 9.97 Å². The van der Waals surface area contributed by atoms with Crippen LogP contribution in [0, 0.1) is 0 Å². The van der Waals surface area contributed by atoms with Crippen LogP contribution in [0.3, 0.4) is 0 Å². The molecule has 3 aromatic rings. The van der Waals surface area contributed by atoms with Crippen LogP contribution in [0.1, 0.15) is 0 Å². The highest BCUT2D eigenvalue weighted by Crippen LogP contribution is 2.28. The minimum Gasteiger partial charge on any atom is -0.236 e. The zero-order valence-corrected chi connectivity index (χ0v) is 10.8. The monoisotopic (exact) mass is 274 g/mol. The molecule has 0 saturated carbocycles. The number of nitrogens with zero attached hydrogens (tertiary/aromatic N) is 2. The molecule has 88 valence electrons. The minimum atomic E-state index is 0.554. The normalized spacial score (nSPS) is 10.8. The molecular formula is C14H8Cl2N2. The average molecular weight is 275 g/mol. The minimum absolute atomic E-state index is 0.554. The molecule has 0 fully saturated rings. The van der Waals surface area contributed by atoms with E-state index < -0.39 is 0 Å². The highest BCUT2D eigenvalue weighted by Gasteiger charge is 2.07.